The molecule has 6 heteroatoms. The van der Waals surface area contributed by atoms with Crippen LogP contribution in [0, 0.1) is 5.95 Å². The van der Waals surface area contributed by atoms with Crippen LogP contribution in [0.2, 0.25) is 0 Å². The molecule has 0 aliphatic rings. The maximum Gasteiger partial charge on any atom is 0.211 e. The van der Waals surface area contributed by atoms with Gasteiger partial charge in [-0.2, -0.15) is 4.39 Å². The van der Waals surface area contributed by atoms with Crippen LogP contribution in [-0.4, -0.2) is 27.0 Å². The topological polar surface area (TPSA) is 62.0 Å². The summed E-state index contributed by atoms with van der Waals surface area (Å²) < 4.78 is 38.1. The molecule has 4 nitrogen and oxygen atoms in total. The molecule has 0 bridgehead atoms. The predicted molar refractivity (Wildman–Crippen MR) is 74.9 cm³/mol. The van der Waals surface area contributed by atoms with Crippen molar-refractivity contribution >= 4 is 9.84 Å². The molecular formula is C14H17FN2O2S. The van der Waals surface area contributed by atoms with Gasteiger partial charge < -0.3 is 10.3 Å². The normalized spacial score (nSPS) is 11.7. The predicted octanol–water partition coefficient (Wildman–Crippen LogP) is 2.14. The van der Waals surface area contributed by atoms with Crippen LogP contribution in [0.15, 0.2) is 46.3 Å². The van der Waals surface area contributed by atoms with E-state index in [1.165, 1.54) is 18.3 Å². The third-order valence-electron chi connectivity index (χ3n) is 3.05. The lowest BCUT2D eigenvalue weighted by molar-refractivity contribution is 0.548. The second-order valence-electron chi connectivity index (χ2n) is 4.51. The Balaban J connectivity index is 2.29. The molecule has 0 saturated heterocycles. The smallest absolute Gasteiger partial charge is 0.211 e. The second-order valence-corrected chi connectivity index (χ2v) is 6.43. The van der Waals surface area contributed by atoms with Gasteiger partial charge in [0.2, 0.25) is 15.8 Å². The SMILES string of the molecule is CNCCCc1cccc(S(=O)(=O)c2cc[nH]c2F)c1. The fourth-order valence-corrected chi connectivity index (χ4v) is 3.37. The molecule has 0 saturated carbocycles. The van der Waals surface area contributed by atoms with E-state index >= 15 is 0 Å². The van der Waals surface area contributed by atoms with E-state index in [2.05, 4.69) is 10.3 Å². The van der Waals surface area contributed by atoms with Crippen LogP contribution < -0.4 is 5.32 Å². The molecule has 1 aromatic carbocycles. The number of rotatable bonds is 6. The minimum absolute atomic E-state index is 0.123. The average molecular weight is 296 g/mol. The van der Waals surface area contributed by atoms with Crippen LogP contribution >= 0.6 is 0 Å². The molecule has 0 radical (unpaired) electrons. The number of halogens is 1. The fourth-order valence-electron chi connectivity index (χ4n) is 2.01. The molecule has 2 rings (SSSR count). The van der Waals surface area contributed by atoms with Crippen molar-refractivity contribution in [2.75, 3.05) is 13.6 Å². The minimum Gasteiger partial charge on any atom is -0.337 e. The lowest BCUT2D eigenvalue weighted by atomic mass is 10.1. The number of sulfone groups is 1. The van der Waals surface area contributed by atoms with Gasteiger partial charge >= 0.3 is 0 Å². The maximum atomic E-state index is 13.4. The van der Waals surface area contributed by atoms with Crippen LogP contribution in [-0.2, 0) is 16.3 Å². The van der Waals surface area contributed by atoms with Crippen molar-refractivity contribution in [1.82, 2.24) is 10.3 Å². The van der Waals surface area contributed by atoms with E-state index in [1.54, 1.807) is 12.1 Å². The Bertz CT molecular complexity index is 680. The van der Waals surface area contributed by atoms with Crippen molar-refractivity contribution in [3.8, 4) is 0 Å². The summed E-state index contributed by atoms with van der Waals surface area (Å²) in [6.07, 6.45) is 2.97. The van der Waals surface area contributed by atoms with Gasteiger partial charge in [-0.1, -0.05) is 12.1 Å². The van der Waals surface area contributed by atoms with Crippen molar-refractivity contribution in [1.29, 1.82) is 0 Å². The standard InChI is InChI=1S/C14H17FN2O2S/c1-16-8-3-5-11-4-2-6-12(10-11)20(18,19)13-7-9-17-14(13)15/h2,4,6-7,9-10,16-17H,3,5,8H2,1H3. The van der Waals surface area contributed by atoms with Gasteiger partial charge in [-0.15, -0.1) is 0 Å². The van der Waals surface area contributed by atoms with E-state index in [0.717, 1.165) is 24.9 Å². The summed E-state index contributed by atoms with van der Waals surface area (Å²) in [7, 11) is -1.93. The fraction of sp³-hybridized carbons (Fsp3) is 0.286. The Morgan fingerprint density at radius 2 is 2.10 bits per heavy atom. The van der Waals surface area contributed by atoms with Gasteiger partial charge in [0, 0.05) is 6.20 Å². The van der Waals surface area contributed by atoms with Crippen molar-refractivity contribution < 1.29 is 12.8 Å². The Labute approximate surface area is 117 Å². The third-order valence-corrected chi connectivity index (χ3v) is 4.82. The van der Waals surface area contributed by atoms with Crippen LogP contribution in [0.1, 0.15) is 12.0 Å². The number of aryl methyl sites for hydroxylation is 1. The van der Waals surface area contributed by atoms with Gasteiger partial charge in [-0.25, -0.2) is 8.42 Å². The first kappa shape index (κ1) is 14.7. The lowest BCUT2D eigenvalue weighted by Gasteiger charge is -2.06. The first-order valence-electron chi connectivity index (χ1n) is 6.37. The van der Waals surface area contributed by atoms with Crippen molar-refractivity contribution in [3.05, 3.63) is 48.0 Å². The summed E-state index contributed by atoms with van der Waals surface area (Å²) in [5.41, 5.74) is 0.928. The molecule has 108 valence electrons. The molecule has 0 amide bonds. The molecule has 1 heterocycles. The number of aromatic nitrogens is 1. The zero-order valence-corrected chi connectivity index (χ0v) is 12.0. The number of H-pyrrole nitrogens is 1. The Kier molecular flexibility index (Phi) is 4.57. The summed E-state index contributed by atoms with van der Waals surface area (Å²) in [4.78, 5) is 2.06. The van der Waals surface area contributed by atoms with Gasteiger partial charge in [0.25, 0.3) is 0 Å². The highest BCUT2D eigenvalue weighted by Gasteiger charge is 2.22. The Morgan fingerprint density at radius 3 is 2.75 bits per heavy atom. The summed E-state index contributed by atoms with van der Waals surface area (Å²) in [5.74, 6) is -0.828. The van der Waals surface area contributed by atoms with E-state index in [1.807, 2.05) is 13.1 Å². The second kappa shape index (κ2) is 6.19. The lowest BCUT2D eigenvalue weighted by Crippen LogP contribution is -2.08. The van der Waals surface area contributed by atoms with E-state index < -0.39 is 15.8 Å². The number of aromatic amines is 1. The Hall–Kier alpha value is -1.66. The molecule has 0 spiro atoms. The minimum atomic E-state index is -3.80. The van der Waals surface area contributed by atoms with Crippen molar-refractivity contribution in [2.45, 2.75) is 22.6 Å². The average Bonchev–Trinajstić information content (AvgIpc) is 2.86. The first-order valence-corrected chi connectivity index (χ1v) is 7.85. The molecular weight excluding hydrogens is 279 g/mol. The number of hydrogen-bond acceptors (Lipinski definition) is 3. The molecule has 0 unspecified atom stereocenters. The quantitative estimate of drug-likeness (QED) is 0.803. The number of hydrogen-bond donors (Lipinski definition) is 2. The number of nitrogens with one attached hydrogen (secondary N) is 2. The summed E-state index contributed by atoms with van der Waals surface area (Å²) in [6, 6.07) is 7.90. The van der Waals surface area contributed by atoms with Crippen LogP contribution in [0.25, 0.3) is 0 Å². The van der Waals surface area contributed by atoms with Gasteiger partial charge in [0.1, 0.15) is 4.90 Å². The number of benzene rings is 1. The first-order chi connectivity index (χ1) is 9.55. The Morgan fingerprint density at radius 1 is 1.30 bits per heavy atom. The molecule has 0 atom stereocenters. The van der Waals surface area contributed by atoms with Gasteiger partial charge in [0.05, 0.1) is 4.90 Å². The summed E-state index contributed by atoms with van der Waals surface area (Å²) in [5, 5.41) is 3.04. The molecule has 0 fully saturated rings. The van der Waals surface area contributed by atoms with E-state index in [9.17, 15) is 12.8 Å². The van der Waals surface area contributed by atoms with E-state index in [4.69, 9.17) is 0 Å². The molecule has 1 aromatic heterocycles. The van der Waals surface area contributed by atoms with Crippen LogP contribution in [0.5, 0.6) is 0 Å². The zero-order chi connectivity index (χ0) is 14.6. The van der Waals surface area contributed by atoms with Gasteiger partial charge in [-0.3, -0.25) is 0 Å². The summed E-state index contributed by atoms with van der Waals surface area (Å²) in [6.45, 7) is 0.865. The van der Waals surface area contributed by atoms with Gasteiger partial charge in [0.15, 0.2) is 0 Å². The maximum absolute atomic E-state index is 13.4. The van der Waals surface area contributed by atoms with Crippen LogP contribution in [0.3, 0.4) is 0 Å². The highest BCUT2D eigenvalue weighted by molar-refractivity contribution is 7.91. The molecule has 2 N–H and O–H groups in total. The highest BCUT2D eigenvalue weighted by atomic mass is 32.2. The largest absolute Gasteiger partial charge is 0.337 e. The monoisotopic (exact) mass is 296 g/mol. The van der Waals surface area contributed by atoms with E-state index in [0.29, 0.717) is 0 Å². The molecule has 0 aliphatic heterocycles. The van der Waals surface area contributed by atoms with Crippen molar-refractivity contribution in [2.24, 2.45) is 0 Å². The van der Waals surface area contributed by atoms with Crippen LogP contribution in [0.4, 0.5) is 4.39 Å². The molecule has 2 aromatic rings. The molecule has 0 aliphatic carbocycles. The highest BCUT2D eigenvalue weighted by Crippen LogP contribution is 2.23. The summed E-state index contributed by atoms with van der Waals surface area (Å²) >= 11 is 0. The zero-order valence-electron chi connectivity index (χ0n) is 11.2. The van der Waals surface area contributed by atoms with Gasteiger partial charge in [-0.05, 0) is 50.2 Å². The van der Waals surface area contributed by atoms with Crippen molar-refractivity contribution in [3.63, 3.8) is 0 Å². The molecule has 20 heavy (non-hydrogen) atoms. The van der Waals surface area contributed by atoms with E-state index in [-0.39, 0.29) is 9.79 Å². The third kappa shape index (κ3) is 3.08.